The van der Waals surface area contributed by atoms with Crippen molar-refractivity contribution in [2.45, 2.75) is 25.0 Å². The lowest BCUT2D eigenvalue weighted by atomic mass is 10.3. The van der Waals surface area contributed by atoms with Crippen molar-refractivity contribution in [2.24, 2.45) is 0 Å². The second-order valence-corrected chi connectivity index (χ2v) is 8.99. The highest BCUT2D eigenvalue weighted by Crippen LogP contribution is 2.32. The molecule has 144 valence electrons. The second kappa shape index (κ2) is 7.67. The number of rotatable bonds is 6. The average molecular weight is 428 g/mol. The van der Waals surface area contributed by atoms with E-state index in [1.165, 1.54) is 18.4 Å². The molecule has 0 aliphatic rings. The zero-order valence-electron chi connectivity index (χ0n) is 15.1. The molecule has 0 spiro atoms. The summed E-state index contributed by atoms with van der Waals surface area (Å²) < 4.78 is 33.6. The minimum absolute atomic E-state index is 0.179. The Morgan fingerprint density at radius 3 is 2.59 bits per heavy atom. The molecular formula is C18H19Cl2N3O3S. The Labute approximate surface area is 168 Å². The molecule has 0 atom stereocenters. The van der Waals surface area contributed by atoms with Crippen molar-refractivity contribution in [1.29, 1.82) is 0 Å². The number of aromatic nitrogens is 2. The smallest absolute Gasteiger partial charge is 0.242 e. The second-order valence-electron chi connectivity index (χ2n) is 6.05. The molecule has 3 aromatic rings. The lowest BCUT2D eigenvalue weighted by Gasteiger charge is -2.11. The van der Waals surface area contributed by atoms with Crippen LogP contribution in [0.25, 0.3) is 11.0 Å². The Morgan fingerprint density at radius 1 is 1.19 bits per heavy atom. The molecule has 9 heteroatoms. The van der Waals surface area contributed by atoms with Crippen molar-refractivity contribution in [3.63, 3.8) is 0 Å². The summed E-state index contributed by atoms with van der Waals surface area (Å²) in [4.78, 5) is 4.76. The number of hydrogen-bond acceptors (Lipinski definition) is 4. The maximum Gasteiger partial charge on any atom is 0.242 e. The highest BCUT2D eigenvalue weighted by Gasteiger charge is 2.19. The van der Waals surface area contributed by atoms with Gasteiger partial charge in [0.1, 0.15) is 23.2 Å². The van der Waals surface area contributed by atoms with Crippen LogP contribution in [0.4, 0.5) is 0 Å². The third-order valence-electron chi connectivity index (χ3n) is 4.17. The van der Waals surface area contributed by atoms with Gasteiger partial charge >= 0.3 is 0 Å². The topological polar surface area (TPSA) is 64.4 Å². The number of ether oxygens (including phenoxy) is 1. The summed E-state index contributed by atoms with van der Waals surface area (Å²) in [5, 5.41) is 0.759. The lowest BCUT2D eigenvalue weighted by Crippen LogP contribution is -2.22. The Balaban J connectivity index is 1.97. The number of hydrogen-bond donors (Lipinski definition) is 0. The molecule has 2 aromatic carbocycles. The molecule has 0 fully saturated rings. The van der Waals surface area contributed by atoms with Crippen molar-refractivity contribution in [3.05, 3.63) is 52.3 Å². The Morgan fingerprint density at radius 2 is 1.93 bits per heavy atom. The fourth-order valence-electron chi connectivity index (χ4n) is 2.73. The van der Waals surface area contributed by atoms with Gasteiger partial charge in [0, 0.05) is 20.6 Å². The summed E-state index contributed by atoms with van der Waals surface area (Å²) >= 11 is 12.2. The highest BCUT2D eigenvalue weighted by atomic mass is 35.5. The van der Waals surface area contributed by atoms with Gasteiger partial charge < -0.3 is 9.30 Å². The maximum absolute atomic E-state index is 12.4. The van der Waals surface area contributed by atoms with Crippen molar-refractivity contribution in [2.75, 3.05) is 14.1 Å². The highest BCUT2D eigenvalue weighted by molar-refractivity contribution is 7.89. The molecular weight excluding hydrogens is 409 g/mol. The average Bonchev–Trinajstić information content (AvgIpc) is 2.99. The number of sulfonamides is 1. The van der Waals surface area contributed by atoms with Crippen LogP contribution in [0.1, 0.15) is 12.7 Å². The molecule has 0 aliphatic heterocycles. The van der Waals surface area contributed by atoms with Crippen LogP contribution < -0.4 is 4.74 Å². The summed E-state index contributed by atoms with van der Waals surface area (Å²) in [6.07, 6.45) is 0. The van der Waals surface area contributed by atoms with Gasteiger partial charge in [-0.2, -0.15) is 0 Å². The molecule has 0 bridgehead atoms. The number of nitrogens with zero attached hydrogens (tertiary/aromatic N) is 3. The van der Waals surface area contributed by atoms with Crippen LogP contribution in [0, 0.1) is 0 Å². The van der Waals surface area contributed by atoms with Crippen molar-refractivity contribution >= 4 is 44.3 Å². The van der Waals surface area contributed by atoms with Gasteiger partial charge in [-0.15, -0.1) is 0 Å². The largest absolute Gasteiger partial charge is 0.484 e. The number of imidazole rings is 1. The number of fused-ring (bicyclic) bond motifs is 1. The van der Waals surface area contributed by atoms with Crippen LogP contribution in [-0.2, 0) is 23.2 Å². The first-order valence-corrected chi connectivity index (χ1v) is 10.4. The summed E-state index contributed by atoms with van der Waals surface area (Å²) in [6, 6.07) is 10.1. The van der Waals surface area contributed by atoms with Crippen LogP contribution in [-0.4, -0.2) is 36.4 Å². The van der Waals surface area contributed by atoms with Crippen LogP contribution in [0.2, 0.25) is 10.0 Å². The Hall–Kier alpha value is -1.80. The fourth-order valence-corrected chi connectivity index (χ4v) is 4.00. The summed E-state index contributed by atoms with van der Waals surface area (Å²) in [5.74, 6) is 1.14. The third kappa shape index (κ3) is 3.78. The molecule has 6 nitrogen and oxygen atoms in total. The summed E-state index contributed by atoms with van der Waals surface area (Å²) in [7, 11) is -0.527. The van der Waals surface area contributed by atoms with E-state index < -0.39 is 10.0 Å². The molecule has 0 radical (unpaired) electrons. The predicted molar refractivity (Wildman–Crippen MR) is 107 cm³/mol. The Bertz CT molecular complexity index is 1090. The first-order chi connectivity index (χ1) is 12.8. The van der Waals surface area contributed by atoms with E-state index in [0.717, 1.165) is 5.52 Å². The molecule has 0 unspecified atom stereocenters. The van der Waals surface area contributed by atoms with Gasteiger partial charge in [0.05, 0.1) is 21.0 Å². The maximum atomic E-state index is 12.4. The fraction of sp³-hybridized carbons (Fsp3) is 0.278. The first kappa shape index (κ1) is 19.9. The van der Waals surface area contributed by atoms with E-state index in [-0.39, 0.29) is 11.5 Å². The normalized spacial score (nSPS) is 12.1. The van der Waals surface area contributed by atoms with Crippen LogP contribution in [0.15, 0.2) is 41.3 Å². The Kier molecular flexibility index (Phi) is 5.67. The van der Waals surface area contributed by atoms with Gasteiger partial charge in [0.15, 0.2) is 0 Å². The molecule has 1 aromatic heterocycles. The van der Waals surface area contributed by atoms with Crippen molar-refractivity contribution in [1.82, 2.24) is 13.9 Å². The van der Waals surface area contributed by atoms with Gasteiger partial charge in [-0.05, 0) is 37.3 Å². The predicted octanol–water partition coefficient (Wildman–Crippen LogP) is 4.19. The molecule has 27 heavy (non-hydrogen) atoms. The van der Waals surface area contributed by atoms with Gasteiger partial charge in [-0.1, -0.05) is 29.3 Å². The standard InChI is InChI=1S/C18H19Cl2N3O3S/c1-4-23-15-9-8-12(27(24,25)22(2)3)10-14(15)21-17(23)11-26-16-7-5-6-13(19)18(16)20/h5-10H,4,11H2,1-3H3. The van der Waals surface area contributed by atoms with Gasteiger partial charge in [0.2, 0.25) is 10.0 Å². The number of halogens is 2. The quantitative estimate of drug-likeness (QED) is 0.591. The minimum Gasteiger partial charge on any atom is -0.484 e. The van der Waals surface area contributed by atoms with E-state index in [9.17, 15) is 8.42 Å². The van der Waals surface area contributed by atoms with Gasteiger partial charge in [-0.3, -0.25) is 0 Å². The van der Waals surface area contributed by atoms with Crippen molar-refractivity contribution in [3.8, 4) is 5.75 Å². The molecule has 0 saturated heterocycles. The zero-order chi connectivity index (χ0) is 19.8. The monoisotopic (exact) mass is 427 g/mol. The van der Waals surface area contributed by atoms with Crippen LogP contribution in [0.3, 0.4) is 0 Å². The number of aryl methyl sites for hydroxylation is 1. The molecule has 3 rings (SSSR count). The van der Waals surface area contributed by atoms with E-state index >= 15 is 0 Å². The van der Waals surface area contributed by atoms with E-state index in [0.29, 0.717) is 33.7 Å². The summed E-state index contributed by atoms with van der Waals surface area (Å²) in [6.45, 7) is 2.83. The molecule has 0 amide bonds. The van der Waals surface area contributed by atoms with E-state index in [1.807, 2.05) is 11.5 Å². The van der Waals surface area contributed by atoms with Crippen molar-refractivity contribution < 1.29 is 13.2 Å². The zero-order valence-corrected chi connectivity index (χ0v) is 17.4. The summed E-state index contributed by atoms with van der Waals surface area (Å²) in [5.41, 5.74) is 1.43. The van der Waals surface area contributed by atoms with Gasteiger partial charge in [-0.25, -0.2) is 17.7 Å². The van der Waals surface area contributed by atoms with E-state index in [2.05, 4.69) is 4.98 Å². The van der Waals surface area contributed by atoms with E-state index in [1.54, 1.807) is 36.4 Å². The minimum atomic E-state index is -3.52. The van der Waals surface area contributed by atoms with Crippen LogP contribution >= 0.6 is 23.2 Å². The molecule has 0 aliphatic carbocycles. The molecule has 0 N–H and O–H groups in total. The third-order valence-corrected chi connectivity index (χ3v) is 6.78. The van der Waals surface area contributed by atoms with Gasteiger partial charge in [0.25, 0.3) is 0 Å². The molecule has 1 heterocycles. The molecule has 0 saturated carbocycles. The SMILES string of the molecule is CCn1c(COc2cccc(Cl)c2Cl)nc2cc(S(=O)(=O)N(C)C)ccc21. The lowest BCUT2D eigenvalue weighted by molar-refractivity contribution is 0.291. The number of benzene rings is 2. The van der Waals surface area contributed by atoms with E-state index in [4.69, 9.17) is 27.9 Å². The first-order valence-electron chi connectivity index (χ1n) is 8.24. The van der Waals surface area contributed by atoms with Crippen LogP contribution in [0.5, 0.6) is 5.75 Å².